The average molecular weight is 344 g/mol. The lowest BCUT2D eigenvalue weighted by Crippen LogP contribution is -2.15. The van der Waals surface area contributed by atoms with Crippen LogP contribution < -0.4 is 4.72 Å². The molecule has 2 aromatic rings. The molecule has 0 unspecified atom stereocenters. The molecule has 0 aliphatic heterocycles. The van der Waals surface area contributed by atoms with Gasteiger partial charge < -0.3 is 4.90 Å². The van der Waals surface area contributed by atoms with Crippen molar-refractivity contribution in [3.63, 3.8) is 0 Å². The summed E-state index contributed by atoms with van der Waals surface area (Å²) in [5, 5.41) is 0. The van der Waals surface area contributed by atoms with E-state index < -0.39 is 10.0 Å². The Kier molecular flexibility index (Phi) is 5.41. The maximum absolute atomic E-state index is 12.5. The zero-order valence-corrected chi connectivity index (χ0v) is 14.7. The van der Waals surface area contributed by atoms with Crippen LogP contribution in [0, 0.1) is 6.92 Å². The lowest BCUT2D eigenvalue weighted by atomic mass is 10.1. The Morgan fingerprint density at radius 2 is 1.67 bits per heavy atom. The van der Waals surface area contributed by atoms with Gasteiger partial charge in [0.1, 0.15) is 0 Å². The van der Waals surface area contributed by atoms with Gasteiger partial charge in [-0.2, -0.15) is 0 Å². The molecule has 0 aromatic heterocycles. The molecule has 5 nitrogen and oxygen atoms in total. The number of ketones is 1. The van der Waals surface area contributed by atoms with E-state index in [0.717, 1.165) is 5.56 Å². The highest BCUT2D eigenvalue weighted by molar-refractivity contribution is 7.92. The molecule has 24 heavy (non-hydrogen) atoms. The van der Waals surface area contributed by atoms with Crippen molar-refractivity contribution in [2.45, 2.75) is 11.8 Å². The number of rotatable bonds is 6. The summed E-state index contributed by atoms with van der Waals surface area (Å²) in [7, 11) is -0.151. The second-order valence-corrected chi connectivity index (χ2v) is 7.29. The Hall–Kier alpha value is -2.60. The van der Waals surface area contributed by atoms with E-state index in [2.05, 4.69) is 4.72 Å². The minimum atomic E-state index is -3.75. The summed E-state index contributed by atoms with van der Waals surface area (Å²) in [5.41, 5.74) is 1.52. The quantitative estimate of drug-likeness (QED) is 0.646. The van der Waals surface area contributed by atoms with Crippen molar-refractivity contribution in [1.29, 1.82) is 0 Å². The number of anilines is 1. The topological polar surface area (TPSA) is 66.5 Å². The molecule has 2 rings (SSSR count). The van der Waals surface area contributed by atoms with Gasteiger partial charge >= 0.3 is 0 Å². The highest BCUT2D eigenvalue weighted by atomic mass is 32.2. The molecule has 0 atom stereocenters. The first-order chi connectivity index (χ1) is 11.3. The zero-order chi connectivity index (χ0) is 17.7. The normalized spacial score (nSPS) is 11.5. The number of carbonyl (C=O) groups is 1. The monoisotopic (exact) mass is 344 g/mol. The highest BCUT2D eigenvalue weighted by Crippen LogP contribution is 2.21. The first-order valence-corrected chi connectivity index (χ1v) is 8.85. The average Bonchev–Trinajstić information content (AvgIpc) is 2.53. The van der Waals surface area contributed by atoms with E-state index >= 15 is 0 Å². The van der Waals surface area contributed by atoms with E-state index in [4.69, 9.17) is 0 Å². The third-order valence-electron chi connectivity index (χ3n) is 3.29. The number of carbonyl (C=O) groups excluding carboxylic acids is 1. The molecule has 6 heteroatoms. The minimum Gasteiger partial charge on any atom is -0.383 e. The van der Waals surface area contributed by atoms with Crippen LogP contribution in [-0.2, 0) is 10.0 Å². The van der Waals surface area contributed by atoms with Crippen LogP contribution in [0.4, 0.5) is 5.69 Å². The van der Waals surface area contributed by atoms with Gasteiger partial charge in [-0.3, -0.25) is 9.52 Å². The van der Waals surface area contributed by atoms with Crippen LogP contribution in [0.5, 0.6) is 0 Å². The summed E-state index contributed by atoms with van der Waals surface area (Å²) in [5.74, 6) is -0.272. The highest BCUT2D eigenvalue weighted by Gasteiger charge is 2.17. The molecular weight excluding hydrogens is 324 g/mol. The molecule has 0 saturated heterocycles. The van der Waals surface area contributed by atoms with Crippen molar-refractivity contribution in [3.8, 4) is 0 Å². The predicted molar refractivity (Wildman–Crippen MR) is 95.6 cm³/mol. The Balaban J connectivity index is 2.33. The van der Waals surface area contributed by atoms with Gasteiger partial charge in [-0.05, 0) is 31.2 Å². The van der Waals surface area contributed by atoms with Crippen LogP contribution in [0.3, 0.4) is 0 Å². The number of benzene rings is 2. The number of hydrogen-bond acceptors (Lipinski definition) is 4. The van der Waals surface area contributed by atoms with E-state index in [0.29, 0.717) is 5.56 Å². The van der Waals surface area contributed by atoms with Gasteiger partial charge in [-0.15, -0.1) is 0 Å². The number of nitrogens with zero attached hydrogens (tertiary/aromatic N) is 1. The van der Waals surface area contributed by atoms with Crippen LogP contribution in [0.15, 0.2) is 65.7 Å². The van der Waals surface area contributed by atoms with Gasteiger partial charge in [0.05, 0.1) is 10.6 Å². The Bertz CT molecular complexity index is 854. The van der Waals surface area contributed by atoms with E-state index in [1.54, 1.807) is 61.6 Å². The van der Waals surface area contributed by atoms with Crippen molar-refractivity contribution < 1.29 is 13.2 Å². The van der Waals surface area contributed by atoms with Gasteiger partial charge in [-0.25, -0.2) is 8.42 Å². The number of para-hydroxylation sites is 1. The second-order valence-electron chi connectivity index (χ2n) is 5.61. The van der Waals surface area contributed by atoms with Crippen molar-refractivity contribution >= 4 is 21.5 Å². The number of hydrogen-bond donors (Lipinski definition) is 1. The Morgan fingerprint density at radius 3 is 2.29 bits per heavy atom. The van der Waals surface area contributed by atoms with Gasteiger partial charge in [0.15, 0.2) is 5.78 Å². The molecule has 0 spiro atoms. The zero-order valence-electron chi connectivity index (χ0n) is 13.9. The van der Waals surface area contributed by atoms with E-state index in [-0.39, 0.29) is 16.4 Å². The molecule has 1 N–H and O–H groups in total. The van der Waals surface area contributed by atoms with Crippen LogP contribution in [-0.4, -0.2) is 33.2 Å². The maximum atomic E-state index is 12.5. The van der Waals surface area contributed by atoms with Crippen molar-refractivity contribution in [1.82, 2.24) is 4.90 Å². The van der Waals surface area contributed by atoms with Crippen LogP contribution >= 0.6 is 0 Å². The standard InChI is InChI=1S/C18H20N2O3S/c1-14-8-10-15(11-9-14)24(22,23)19-17-7-5-4-6-16(17)18(21)12-13-20(2)3/h4-13,19H,1-3H3/b13-12+. The van der Waals surface area contributed by atoms with Gasteiger partial charge in [-0.1, -0.05) is 29.8 Å². The molecule has 126 valence electrons. The fraction of sp³-hybridized carbons (Fsp3) is 0.167. The van der Waals surface area contributed by atoms with Crippen molar-refractivity contribution in [3.05, 3.63) is 71.9 Å². The van der Waals surface area contributed by atoms with Crippen LogP contribution in [0.25, 0.3) is 0 Å². The van der Waals surface area contributed by atoms with E-state index in [1.165, 1.54) is 18.2 Å². The van der Waals surface area contributed by atoms with Gasteiger partial charge in [0.2, 0.25) is 0 Å². The second kappa shape index (κ2) is 7.31. The predicted octanol–water partition coefficient (Wildman–Crippen LogP) is 3.05. The maximum Gasteiger partial charge on any atom is 0.261 e. The fourth-order valence-electron chi connectivity index (χ4n) is 2.01. The fourth-order valence-corrected chi connectivity index (χ4v) is 3.09. The number of sulfonamides is 1. The minimum absolute atomic E-state index is 0.152. The Labute approximate surface area is 142 Å². The lowest BCUT2D eigenvalue weighted by Gasteiger charge is -2.11. The third-order valence-corrected chi connectivity index (χ3v) is 4.67. The molecule has 0 fully saturated rings. The number of allylic oxidation sites excluding steroid dienone is 1. The van der Waals surface area contributed by atoms with E-state index in [1.807, 2.05) is 6.92 Å². The van der Waals surface area contributed by atoms with Crippen molar-refractivity contribution in [2.24, 2.45) is 0 Å². The molecule has 0 aliphatic rings. The summed E-state index contributed by atoms with van der Waals surface area (Å²) in [4.78, 5) is 14.2. The first-order valence-electron chi connectivity index (χ1n) is 7.37. The summed E-state index contributed by atoms with van der Waals surface area (Å²) in [6.45, 7) is 1.88. The van der Waals surface area contributed by atoms with Crippen molar-refractivity contribution in [2.75, 3.05) is 18.8 Å². The molecule has 0 saturated carbocycles. The summed E-state index contributed by atoms with van der Waals surface area (Å²) < 4.78 is 27.5. The van der Waals surface area contributed by atoms with Gasteiger partial charge in [0, 0.05) is 31.9 Å². The lowest BCUT2D eigenvalue weighted by molar-refractivity contribution is 0.104. The summed E-state index contributed by atoms with van der Waals surface area (Å²) >= 11 is 0. The van der Waals surface area contributed by atoms with Crippen LogP contribution in [0.1, 0.15) is 15.9 Å². The largest absolute Gasteiger partial charge is 0.383 e. The van der Waals surface area contributed by atoms with Gasteiger partial charge in [0.25, 0.3) is 10.0 Å². The Morgan fingerprint density at radius 1 is 1.04 bits per heavy atom. The smallest absolute Gasteiger partial charge is 0.261 e. The summed E-state index contributed by atoms with van der Waals surface area (Å²) in [6.07, 6.45) is 3.02. The number of aryl methyl sites for hydroxylation is 1. The third kappa shape index (κ3) is 4.45. The molecule has 0 amide bonds. The molecule has 2 aromatic carbocycles. The van der Waals surface area contributed by atoms with Crippen LogP contribution in [0.2, 0.25) is 0 Å². The van der Waals surface area contributed by atoms with E-state index in [9.17, 15) is 13.2 Å². The summed E-state index contributed by atoms with van der Waals surface area (Å²) in [6, 6.07) is 13.1. The SMILES string of the molecule is Cc1ccc(S(=O)(=O)Nc2ccccc2C(=O)/C=C/N(C)C)cc1. The molecule has 0 aliphatic carbocycles. The number of nitrogens with one attached hydrogen (secondary N) is 1. The molecular formula is C18H20N2O3S. The molecule has 0 radical (unpaired) electrons. The molecule has 0 heterocycles. The first kappa shape index (κ1) is 17.7. The molecule has 0 bridgehead atoms.